The van der Waals surface area contributed by atoms with Crippen LogP contribution in [0.3, 0.4) is 0 Å². The highest BCUT2D eigenvalue weighted by molar-refractivity contribution is 7.99. The molecule has 0 radical (unpaired) electrons. The zero-order valence-corrected chi connectivity index (χ0v) is 12.6. The van der Waals surface area contributed by atoms with E-state index < -0.39 is 0 Å². The second kappa shape index (κ2) is 6.99. The molecule has 2 rings (SSSR count). The van der Waals surface area contributed by atoms with E-state index in [0.29, 0.717) is 23.9 Å². The van der Waals surface area contributed by atoms with Crippen molar-refractivity contribution < 1.29 is 9.53 Å². The highest BCUT2D eigenvalue weighted by atomic mass is 32.2. The molecule has 0 aliphatic carbocycles. The lowest BCUT2D eigenvalue weighted by atomic mass is 10.0. The molecule has 0 bridgehead atoms. The molecule has 0 saturated heterocycles. The van der Waals surface area contributed by atoms with E-state index in [1.165, 1.54) is 11.1 Å². The van der Waals surface area contributed by atoms with Crippen LogP contribution in [0.25, 0.3) is 0 Å². The lowest BCUT2D eigenvalue weighted by molar-refractivity contribution is -0.116. The molecule has 0 N–H and O–H groups in total. The Morgan fingerprint density at radius 2 is 2.26 bits per heavy atom. The summed E-state index contributed by atoms with van der Waals surface area (Å²) in [5, 5.41) is 0. The zero-order chi connectivity index (χ0) is 13.7. The monoisotopic (exact) mass is 278 g/mol. The predicted molar refractivity (Wildman–Crippen MR) is 81.1 cm³/mol. The van der Waals surface area contributed by atoms with Gasteiger partial charge in [-0.05, 0) is 35.3 Å². The van der Waals surface area contributed by atoms with Crippen LogP contribution >= 0.6 is 11.8 Å². The summed E-state index contributed by atoms with van der Waals surface area (Å²) >= 11 is 1.76. The third-order valence-electron chi connectivity index (χ3n) is 3.16. The molecule has 19 heavy (non-hydrogen) atoms. The Hall–Kier alpha value is -0.960. The zero-order valence-electron chi connectivity index (χ0n) is 11.8. The fourth-order valence-corrected chi connectivity index (χ4v) is 3.12. The Balaban J connectivity index is 1.74. The maximum Gasteiger partial charge on any atom is 0.143 e. The van der Waals surface area contributed by atoms with Crippen LogP contribution < -0.4 is 4.74 Å². The Morgan fingerprint density at radius 1 is 1.42 bits per heavy atom. The molecule has 1 heterocycles. The van der Waals surface area contributed by atoms with Crippen molar-refractivity contribution in [1.82, 2.24) is 0 Å². The molecule has 0 saturated carbocycles. The Kier molecular flexibility index (Phi) is 5.32. The van der Waals surface area contributed by atoms with Gasteiger partial charge in [0.05, 0.1) is 12.4 Å². The van der Waals surface area contributed by atoms with E-state index in [-0.39, 0.29) is 0 Å². The summed E-state index contributed by atoms with van der Waals surface area (Å²) in [5.41, 5.74) is 2.55. The molecule has 0 unspecified atom stereocenters. The lowest BCUT2D eigenvalue weighted by Gasteiger charge is -2.05. The summed E-state index contributed by atoms with van der Waals surface area (Å²) < 4.78 is 5.48. The molecule has 0 spiro atoms. The highest BCUT2D eigenvalue weighted by Crippen LogP contribution is 2.26. The number of hydrogen-bond acceptors (Lipinski definition) is 3. The Morgan fingerprint density at radius 3 is 3.05 bits per heavy atom. The van der Waals surface area contributed by atoms with Gasteiger partial charge in [-0.1, -0.05) is 26.0 Å². The number of ketones is 1. The molecule has 3 heteroatoms. The average Bonchev–Trinajstić information content (AvgIpc) is 2.83. The molecule has 0 fully saturated rings. The summed E-state index contributed by atoms with van der Waals surface area (Å²) in [5.74, 6) is 3.77. The normalized spacial score (nSPS) is 13.4. The summed E-state index contributed by atoms with van der Waals surface area (Å²) in [6.45, 7) is 5.16. The van der Waals surface area contributed by atoms with Crippen LogP contribution in [-0.4, -0.2) is 23.9 Å². The van der Waals surface area contributed by atoms with Gasteiger partial charge in [0, 0.05) is 12.8 Å². The van der Waals surface area contributed by atoms with Crippen molar-refractivity contribution in [2.75, 3.05) is 18.1 Å². The van der Waals surface area contributed by atoms with E-state index in [9.17, 15) is 4.79 Å². The van der Waals surface area contributed by atoms with E-state index >= 15 is 0 Å². The van der Waals surface area contributed by atoms with Crippen molar-refractivity contribution in [1.29, 1.82) is 0 Å². The van der Waals surface area contributed by atoms with E-state index in [1.54, 1.807) is 11.8 Å². The van der Waals surface area contributed by atoms with E-state index in [4.69, 9.17) is 4.74 Å². The van der Waals surface area contributed by atoms with Gasteiger partial charge in [0.2, 0.25) is 0 Å². The molecular formula is C16H22O2S. The van der Waals surface area contributed by atoms with Crippen molar-refractivity contribution in [2.24, 2.45) is 5.92 Å². The number of fused-ring (bicyclic) bond motifs is 1. The van der Waals surface area contributed by atoms with Crippen LogP contribution in [0.1, 0.15) is 31.4 Å². The van der Waals surface area contributed by atoms with E-state index in [0.717, 1.165) is 31.0 Å². The summed E-state index contributed by atoms with van der Waals surface area (Å²) in [7, 11) is 0. The van der Waals surface area contributed by atoms with Gasteiger partial charge >= 0.3 is 0 Å². The van der Waals surface area contributed by atoms with Crippen molar-refractivity contribution in [2.45, 2.75) is 33.1 Å². The third kappa shape index (κ3) is 4.57. The number of hydrogen-bond donors (Lipinski definition) is 0. The summed E-state index contributed by atoms with van der Waals surface area (Å²) in [6, 6.07) is 6.31. The second-order valence-electron chi connectivity index (χ2n) is 5.49. The van der Waals surface area contributed by atoms with Gasteiger partial charge in [0.1, 0.15) is 11.5 Å². The minimum Gasteiger partial charge on any atom is -0.493 e. The molecule has 0 aromatic heterocycles. The molecule has 0 amide bonds. The third-order valence-corrected chi connectivity index (χ3v) is 4.59. The largest absolute Gasteiger partial charge is 0.493 e. The Bertz CT molecular complexity index is 440. The van der Waals surface area contributed by atoms with Gasteiger partial charge in [-0.3, -0.25) is 4.79 Å². The number of carbonyl (C=O) groups is 1. The first-order chi connectivity index (χ1) is 9.15. The molecular weight excluding hydrogens is 256 g/mol. The first kappa shape index (κ1) is 14.4. The number of Topliss-reactive ketones (excluding diaryl/α,β-unsaturated/α-hetero) is 1. The number of benzene rings is 1. The summed E-state index contributed by atoms with van der Waals surface area (Å²) in [6.07, 6.45) is 2.51. The quantitative estimate of drug-likeness (QED) is 0.763. The fourth-order valence-electron chi connectivity index (χ4n) is 2.16. The van der Waals surface area contributed by atoms with Gasteiger partial charge in [0.15, 0.2) is 0 Å². The van der Waals surface area contributed by atoms with Crippen LogP contribution in [0, 0.1) is 5.92 Å². The van der Waals surface area contributed by atoms with Crippen molar-refractivity contribution >= 4 is 17.5 Å². The minimum absolute atomic E-state index is 0.363. The number of ether oxygens (including phenoxy) is 1. The van der Waals surface area contributed by atoms with Gasteiger partial charge in [0.25, 0.3) is 0 Å². The van der Waals surface area contributed by atoms with Crippen LogP contribution in [0.15, 0.2) is 18.2 Å². The van der Waals surface area contributed by atoms with Crippen LogP contribution in [0.5, 0.6) is 5.75 Å². The number of carbonyl (C=O) groups excluding carboxylic acids is 1. The molecule has 104 valence electrons. The second-order valence-corrected chi connectivity index (χ2v) is 6.52. The topological polar surface area (TPSA) is 26.3 Å². The SMILES string of the molecule is CC(C)CSCC(=O)CCc1ccc2c(c1)CCO2. The highest BCUT2D eigenvalue weighted by Gasteiger charge is 2.12. The van der Waals surface area contributed by atoms with Gasteiger partial charge in [-0.2, -0.15) is 11.8 Å². The number of rotatable bonds is 7. The lowest BCUT2D eigenvalue weighted by Crippen LogP contribution is -2.05. The van der Waals surface area contributed by atoms with E-state index in [2.05, 4.69) is 26.0 Å². The van der Waals surface area contributed by atoms with E-state index in [1.807, 2.05) is 6.07 Å². The van der Waals surface area contributed by atoms with Gasteiger partial charge < -0.3 is 4.74 Å². The predicted octanol–water partition coefficient (Wildman–Crippen LogP) is 3.51. The van der Waals surface area contributed by atoms with Gasteiger partial charge in [-0.15, -0.1) is 0 Å². The first-order valence-electron chi connectivity index (χ1n) is 6.99. The molecule has 1 aliphatic heterocycles. The smallest absolute Gasteiger partial charge is 0.143 e. The Labute approximate surface area is 119 Å². The minimum atomic E-state index is 0.363. The molecule has 1 aromatic rings. The van der Waals surface area contributed by atoms with Crippen molar-refractivity contribution in [3.05, 3.63) is 29.3 Å². The van der Waals surface area contributed by atoms with Crippen molar-refractivity contribution in [3.63, 3.8) is 0 Å². The van der Waals surface area contributed by atoms with Crippen molar-refractivity contribution in [3.8, 4) is 5.75 Å². The standard InChI is InChI=1S/C16H22O2S/c1-12(2)10-19-11-15(17)5-3-13-4-6-16-14(9-13)7-8-18-16/h4,6,9,12H,3,5,7-8,10-11H2,1-2H3. The molecule has 1 aliphatic rings. The molecule has 2 nitrogen and oxygen atoms in total. The summed E-state index contributed by atoms with van der Waals surface area (Å²) in [4.78, 5) is 11.8. The van der Waals surface area contributed by atoms with Gasteiger partial charge in [-0.25, -0.2) is 0 Å². The van der Waals surface area contributed by atoms with Crippen LogP contribution in [0.2, 0.25) is 0 Å². The first-order valence-corrected chi connectivity index (χ1v) is 8.14. The maximum absolute atomic E-state index is 11.8. The molecule has 0 atom stereocenters. The maximum atomic E-state index is 11.8. The molecule has 1 aromatic carbocycles. The average molecular weight is 278 g/mol. The van der Waals surface area contributed by atoms with Crippen LogP contribution in [0.4, 0.5) is 0 Å². The number of aryl methyl sites for hydroxylation is 1. The fraction of sp³-hybridized carbons (Fsp3) is 0.562. The number of thioether (sulfide) groups is 1. The van der Waals surface area contributed by atoms with Crippen LogP contribution in [-0.2, 0) is 17.6 Å².